The fourth-order valence-corrected chi connectivity index (χ4v) is 2.30. The first kappa shape index (κ1) is 19.4. The SMILES string of the molecule is CCN(CC)C(N)=NCc1ccc(-n2ccnc2C)c(F)c1.I. The molecule has 0 aliphatic carbocycles. The zero-order valence-electron chi connectivity index (χ0n) is 13.7. The summed E-state index contributed by atoms with van der Waals surface area (Å²) in [6.07, 6.45) is 3.39. The van der Waals surface area contributed by atoms with Crippen molar-refractivity contribution in [2.75, 3.05) is 13.1 Å². The third-order valence-electron chi connectivity index (χ3n) is 3.61. The quantitative estimate of drug-likeness (QED) is 0.450. The van der Waals surface area contributed by atoms with Gasteiger partial charge in [-0.05, 0) is 38.5 Å². The van der Waals surface area contributed by atoms with E-state index < -0.39 is 0 Å². The molecule has 0 aliphatic heterocycles. The number of hydrogen-bond acceptors (Lipinski definition) is 2. The Labute approximate surface area is 153 Å². The van der Waals surface area contributed by atoms with Crippen LogP contribution in [0.4, 0.5) is 4.39 Å². The third-order valence-corrected chi connectivity index (χ3v) is 3.61. The van der Waals surface area contributed by atoms with E-state index in [1.807, 2.05) is 31.7 Å². The molecular formula is C16H23FIN5. The Morgan fingerprint density at radius 2 is 2.04 bits per heavy atom. The lowest BCUT2D eigenvalue weighted by Gasteiger charge is -2.19. The first-order valence-corrected chi connectivity index (χ1v) is 7.40. The molecule has 1 aromatic heterocycles. The minimum absolute atomic E-state index is 0. The maximum atomic E-state index is 14.3. The van der Waals surface area contributed by atoms with Gasteiger partial charge >= 0.3 is 0 Å². The van der Waals surface area contributed by atoms with Crippen LogP contribution >= 0.6 is 24.0 Å². The maximum absolute atomic E-state index is 14.3. The van der Waals surface area contributed by atoms with E-state index in [-0.39, 0.29) is 29.8 Å². The number of halogens is 2. The minimum atomic E-state index is -0.296. The lowest BCUT2D eigenvalue weighted by molar-refractivity contribution is 0.458. The molecule has 126 valence electrons. The van der Waals surface area contributed by atoms with Crippen LogP contribution in [0.25, 0.3) is 5.69 Å². The maximum Gasteiger partial charge on any atom is 0.191 e. The van der Waals surface area contributed by atoms with Crippen LogP contribution in [-0.2, 0) is 6.54 Å². The predicted molar refractivity (Wildman–Crippen MR) is 102 cm³/mol. The standard InChI is InChI=1S/C16H22FN5.HI/c1-4-21(5-2)16(18)20-11-13-6-7-15(14(17)10-13)22-9-8-19-12(22)3;/h6-10H,4-5,11H2,1-3H3,(H2,18,20);1H. The highest BCUT2D eigenvalue weighted by Crippen LogP contribution is 2.17. The number of nitrogens with two attached hydrogens (primary N) is 1. The van der Waals surface area contributed by atoms with Crippen LogP contribution in [0.3, 0.4) is 0 Å². The summed E-state index contributed by atoms with van der Waals surface area (Å²) >= 11 is 0. The Hall–Kier alpha value is -1.64. The number of aryl methyl sites for hydroxylation is 1. The van der Waals surface area contributed by atoms with E-state index in [1.54, 1.807) is 23.0 Å². The normalized spacial score (nSPS) is 11.2. The third kappa shape index (κ3) is 4.66. The number of nitrogens with zero attached hydrogens (tertiary/aromatic N) is 4. The summed E-state index contributed by atoms with van der Waals surface area (Å²) in [4.78, 5) is 10.4. The van der Waals surface area contributed by atoms with Crippen LogP contribution in [0.5, 0.6) is 0 Å². The Bertz CT molecular complexity index is 664. The summed E-state index contributed by atoms with van der Waals surface area (Å²) in [5, 5.41) is 0. The molecule has 1 heterocycles. The molecule has 2 N–H and O–H groups in total. The number of rotatable bonds is 5. The fourth-order valence-electron chi connectivity index (χ4n) is 2.30. The zero-order chi connectivity index (χ0) is 16.1. The topological polar surface area (TPSA) is 59.4 Å². The van der Waals surface area contributed by atoms with E-state index in [1.165, 1.54) is 6.07 Å². The summed E-state index contributed by atoms with van der Waals surface area (Å²) < 4.78 is 16.0. The van der Waals surface area contributed by atoms with Crippen molar-refractivity contribution in [1.82, 2.24) is 14.5 Å². The smallest absolute Gasteiger partial charge is 0.191 e. The van der Waals surface area contributed by atoms with Gasteiger partial charge in [-0.1, -0.05) is 6.07 Å². The monoisotopic (exact) mass is 431 g/mol. The lowest BCUT2D eigenvalue weighted by atomic mass is 10.2. The van der Waals surface area contributed by atoms with E-state index >= 15 is 0 Å². The summed E-state index contributed by atoms with van der Waals surface area (Å²) in [5.74, 6) is 0.936. The van der Waals surface area contributed by atoms with Gasteiger partial charge in [-0.25, -0.2) is 14.4 Å². The van der Waals surface area contributed by atoms with E-state index in [0.717, 1.165) is 24.5 Å². The summed E-state index contributed by atoms with van der Waals surface area (Å²) in [7, 11) is 0. The van der Waals surface area contributed by atoms with Crippen molar-refractivity contribution in [3.8, 4) is 5.69 Å². The highest BCUT2D eigenvalue weighted by molar-refractivity contribution is 14.0. The zero-order valence-corrected chi connectivity index (χ0v) is 16.0. The van der Waals surface area contributed by atoms with Gasteiger partial charge in [-0.15, -0.1) is 24.0 Å². The molecule has 0 unspecified atom stereocenters. The van der Waals surface area contributed by atoms with Gasteiger partial charge in [0.1, 0.15) is 11.6 Å². The van der Waals surface area contributed by atoms with Gasteiger partial charge in [0.2, 0.25) is 0 Å². The van der Waals surface area contributed by atoms with E-state index in [4.69, 9.17) is 5.73 Å². The highest BCUT2D eigenvalue weighted by Gasteiger charge is 2.08. The molecule has 1 aromatic carbocycles. The largest absolute Gasteiger partial charge is 0.370 e. The van der Waals surface area contributed by atoms with Gasteiger partial charge in [0.05, 0.1) is 12.2 Å². The molecule has 2 aromatic rings. The Morgan fingerprint density at radius 1 is 1.35 bits per heavy atom. The molecule has 0 aliphatic rings. The number of benzene rings is 1. The molecule has 0 atom stereocenters. The summed E-state index contributed by atoms with van der Waals surface area (Å²) in [5.41, 5.74) is 7.19. The van der Waals surface area contributed by atoms with E-state index in [9.17, 15) is 4.39 Å². The number of imidazole rings is 1. The molecule has 0 saturated carbocycles. The molecule has 23 heavy (non-hydrogen) atoms. The van der Waals surface area contributed by atoms with Crippen LogP contribution < -0.4 is 5.73 Å². The molecule has 2 rings (SSSR count). The van der Waals surface area contributed by atoms with Crippen molar-refractivity contribution < 1.29 is 4.39 Å². The van der Waals surface area contributed by atoms with Crippen LogP contribution in [0, 0.1) is 12.7 Å². The number of aromatic nitrogens is 2. The molecule has 7 heteroatoms. The average Bonchev–Trinajstić information content (AvgIpc) is 2.92. The van der Waals surface area contributed by atoms with E-state index in [0.29, 0.717) is 18.2 Å². The second-order valence-corrected chi connectivity index (χ2v) is 4.98. The van der Waals surface area contributed by atoms with Crippen LogP contribution in [0.2, 0.25) is 0 Å². The molecule has 0 amide bonds. The van der Waals surface area contributed by atoms with Crippen molar-refractivity contribution in [2.45, 2.75) is 27.3 Å². The minimum Gasteiger partial charge on any atom is -0.370 e. The Kier molecular flexibility index (Phi) is 7.47. The number of hydrogen-bond donors (Lipinski definition) is 1. The van der Waals surface area contributed by atoms with E-state index in [2.05, 4.69) is 9.98 Å². The predicted octanol–water partition coefficient (Wildman–Crippen LogP) is 3.09. The summed E-state index contributed by atoms with van der Waals surface area (Å²) in [6.45, 7) is 7.85. The number of guanidine groups is 1. The van der Waals surface area contributed by atoms with Crippen molar-refractivity contribution in [3.63, 3.8) is 0 Å². The van der Waals surface area contributed by atoms with Gasteiger partial charge in [0.25, 0.3) is 0 Å². The van der Waals surface area contributed by atoms with Gasteiger partial charge in [-0.2, -0.15) is 0 Å². The first-order chi connectivity index (χ1) is 10.6. The van der Waals surface area contributed by atoms with Crippen LogP contribution in [-0.4, -0.2) is 33.5 Å². The van der Waals surface area contributed by atoms with Gasteiger partial charge in [0, 0.05) is 25.5 Å². The van der Waals surface area contributed by atoms with Gasteiger partial charge in [-0.3, -0.25) is 0 Å². The fraction of sp³-hybridized carbons (Fsp3) is 0.375. The molecular weight excluding hydrogens is 408 g/mol. The highest BCUT2D eigenvalue weighted by atomic mass is 127. The summed E-state index contributed by atoms with van der Waals surface area (Å²) in [6, 6.07) is 5.09. The Morgan fingerprint density at radius 3 is 2.57 bits per heavy atom. The molecule has 0 fully saturated rings. The van der Waals surface area contributed by atoms with Crippen LogP contribution in [0.1, 0.15) is 25.2 Å². The van der Waals surface area contributed by atoms with Crippen molar-refractivity contribution in [3.05, 3.63) is 47.8 Å². The van der Waals surface area contributed by atoms with Crippen molar-refractivity contribution >= 4 is 29.9 Å². The molecule has 0 saturated heterocycles. The van der Waals surface area contributed by atoms with Crippen molar-refractivity contribution in [2.24, 2.45) is 10.7 Å². The molecule has 0 spiro atoms. The number of aliphatic imine (C=N–C) groups is 1. The lowest BCUT2D eigenvalue weighted by Crippen LogP contribution is -2.37. The van der Waals surface area contributed by atoms with Crippen LogP contribution in [0.15, 0.2) is 35.6 Å². The molecule has 5 nitrogen and oxygen atoms in total. The van der Waals surface area contributed by atoms with Gasteiger partial charge < -0.3 is 15.2 Å². The van der Waals surface area contributed by atoms with Gasteiger partial charge in [0.15, 0.2) is 5.96 Å². The van der Waals surface area contributed by atoms with Crippen molar-refractivity contribution in [1.29, 1.82) is 0 Å². The first-order valence-electron chi connectivity index (χ1n) is 7.40. The molecule has 0 bridgehead atoms. The Balaban J connectivity index is 0.00000264. The average molecular weight is 431 g/mol. The second kappa shape index (κ2) is 8.85. The second-order valence-electron chi connectivity index (χ2n) is 4.98. The molecule has 0 radical (unpaired) electrons.